The molecule has 0 saturated heterocycles. The fourth-order valence-electron chi connectivity index (χ4n) is 20.1. The Morgan fingerprint density at radius 3 is 1.14 bits per heavy atom. The minimum atomic E-state index is -0.446. The summed E-state index contributed by atoms with van der Waals surface area (Å²) in [5, 5.41) is 7.35. The number of amides is 2. The lowest BCUT2D eigenvalue weighted by Gasteiger charge is -2.61. The Labute approximate surface area is 597 Å². The molecule has 20 heteroatoms. The molecule has 16 rings (SSSR count). The molecule has 0 heterocycles. The first-order valence-electron chi connectivity index (χ1n) is 35.8. The number of benzene rings is 4. The molecule has 2 amide bonds. The fraction of sp³-hybridized carbons (Fsp3) is 0.475. The summed E-state index contributed by atoms with van der Waals surface area (Å²) in [4.78, 5) is 59.5. The number of rotatable bonds is 21. The summed E-state index contributed by atoms with van der Waals surface area (Å²) in [6.45, 7) is 4.22. The van der Waals surface area contributed by atoms with Crippen molar-refractivity contribution in [2.75, 3.05) is 53.5 Å². The van der Waals surface area contributed by atoms with Gasteiger partial charge in [-0.15, -0.1) is 0 Å². The minimum absolute atomic E-state index is 0.120. The van der Waals surface area contributed by atoms with Gasteiger partial charge in [0.25, 0.3) is 0 Å². The maximum atomic E-state index is 14.6. The lowest BCUT2D eigenvalue weighted by Crippen LogP contribution is -2.63. The summed E-state index contributed by atoms with van der Waals surface area (Å²) in [5.41, 5.74) is 24.5. The highest BCUT2D eigenvalue weighted by atomic mass is 32.1. The molecule has 18 nitrogen and oxygen atoms in total. The molecule has 6 N–H and O–H groups in total. The van der Waals surface area contributed by atoms with Gasteiger partial charge < -0.3 is 48.9 Å². The zero-order valence-corrected chi connectivity index (χ0v) is 60.4. The smallest absolute Gasteiger partial charge is 0.217 e. The third-order valence-corrected chi connectivity index (χ3v) is 24.1. The van der Waals surface area contributed by atoms with E-state index in [0.717, 1.165) is 84.7 Å². The van der Waals surface area contributed by atoms with Crippen LogP contribution < -0.4 is 71.6 Å². The second-order valence-electron chi connectivity index (χ2n) is 29.9. The molecular formula is C80H94N8O10S2. The summed E-state index contributed by atoms with van der Waals surface area (Å²) in [6.07, 6.45) is 18.2. The molecular weight excluding hydrogens is 1300 g/mol. The third-order valence-electron chi connectivity index (χ3n) is 23.5. The monoisotopic (exact) mass is 1390 g/mol. The quantitative estimate of drug-likeness (QED) is 0.0293. The summed E-state index contributed by atoms with van der Waals surface area (Å²) < 4.78 is 35.3. The Morgan fingerprint density at radius 1 is 0.460 bits per heavy atom. The lowest BCUT2D eigenvalue weighted by molar-refractivity contribution is -0.120. The van der Waals surface area contributed by atoms with Crippen LogP contribution in [0.2, 0.25) is 0 Å². The van der Waals surface area contributed by atoms with Gasteiger partial charge in [0.2, 0.25) is 34.2 Å². The Kier molecular flexibility index (Phi) is 19.5. The number of nitrogens with zero attached hydrogens (tertiary/aromatic N) is 2. The van der Waals surface area contributed by atoms with Crippen molar-refractivity contribution in [2.45, 2.75) is 166 Å². The molecule has 526 valence electrons. The number of fused-ring (bicyclic) bond motifs is 6. The van der Waals surface area contributed by atoms with Crippen LogP contribution in [0, 0.1) is 35.5 Å². The number of carbonyl (C=O) groups excluding carboxylic acids is 2. The van der Waals surface area contributed by atoms with Crippen LogP contribution in [0.1, 0.15) is 160 Å². The molecule has 2 atom stereocenters. The van der Waals surface area contributed by atoms with E-state index in [4.69, 9.17) is 52.9 Å². The molecule has 10 aliphatic rings. The Hall–Kier alpha value is -8.62. The first-order valence-corrected chi connectivity index (χ1v) is 36.6. The van der Waals surface area contributed by atoms with Gasteiger partial charge in [0.05, 0.1) is 54.7 Å². The van der Waals surface area contributed by atoms with Crippen molar-refractivity contribution in [1.82, 2.24) is 31.3 Å². The average Bonchev–Trinajstić information content (AvgIpc) is 1.06. The van der Waals surface area contributed by atoms with Crippen molar-refractivity contribution in [3.05, 3.63) is 162 Å². The van der Waals surface area contributed by atoms with Crippen LogP contribution in [0.3, 0.4) is 0 Å². The first-order chi connectivity index (χ1) is 48.4. The van der Waals surface area contributed by atoms with Crippen LogP contribution in [0.4, 0.5) is 11.4 Å². The molecule has 100 heavy (non-hydrogen) atoms. The molecule has 6 aromatic rings. The Morgan fingerprint density at radius 2 is 0.810 bits per heavy atom. The van der Waals surface area contributed by atoms with Crippen LogP contribution >= 0.6 is 24.4 Å². The molecule has 0 aliphatic heterocycles. The number of aryl methyl sites for hydroxylation is 4. The number of hydrogen-bond donors (Lipinski definition) is 6. The highest BCUT2D eigenvalue weighted by molar-refractivity contribution is 7.80. The van der Waals surface area contributed by atoms with E-state index in [1.54, 1.807) is 66.9 Å². The molecule has 10 aliphatic carbocycles. The number of hydrazine groups is 2. The predicted molar refractivity (Wildman–Crippen MR) is 397 cm³/mol. The van der Waals surface area contributed by atoms with Gasteiger partial charge in [-0.3, -0.25) is 40.9 Å². The highest BCUT2D eigenvalue weighted by Crippen LogP contribution is 2.60. The average molecular weight is 1390 g/mol. The topological polar surface area (TPSA) is 202 Å². The molecule has 8 bridgehead atoms. The molecule has 8 fully saturated rings. The normalized spacial score (nSPS) is 24.4. The van der Waals surface area contributed by atoms with E-state index in [2.05, 4.69) is 90.7 Å². The van der Waals surface area contributed by atoms with Crippen LogP contribution in [-0.4, -0.2) is 85.6 Å². The minimum Gasteiger partial charge on any atom is -0.493 e. The third kappa shape index (κ3) is 13.4. The van der Waals surface area contributed by atoms with Crippen molar-refractivity contribution in [2.24, 2.45) is 35.5 Å². The van der Waals surface area contributed by atoms with Gasteiger partial charge in [-0.2, -0.15) is 0 Å². The molecule has 8 saturated carbocycles. The van der Waals surface area contributed by atoms with E-state index in [0.29, 0.717) is 142 Å². The van der Waals surface area contributed by atoms with Crippen LogP contribution in [0.25, 0.3) is 22.3 Å². The highest BCUT2D eigenvalue weighted by Gasteiger charge is 2.56. The van der Waals surface area contributed by atoms with Crippen molar-refractivity contribution < 1.29 is 38.0 Å². The van der Waals surface area contributed by atoms with E-state index >= 15 is 0 Å². The first kappa shape index (κ1) is 68.5. The molecule has 0 spiro atoms. The molecule has 6 aromatic carbocycles. The summed E-state index contributed by atoms with van der Waals surface area (Å²) in [7, 11) is 9.55. The van der Waals surface area contributed by atoms with Gasteiger partial charge in [-0.25, -0.2) is 0 Å². The zero-order valence-electron chi connectivity index (χ0n) is 58.8. The van der Waals surface area contributed by atoms with Crippen molar-refractivity contribution in [3.8, 4) is 56.8 Å². The van der Waals surface area contributed by atoms with Gasteiger partial charge in [0, 0.05) is 49.1 Å². The zero-order chi connectivity index (χ0) is 69.7. The summed E-state index contributed by atoms with van der Waals surface area (Å²) >= 11 is 13.0. The SMILES string of the molecule is COc1cc2c(c(OC)c1OC)-c1ccc(NNC(=S)N(Cc3cccc(CCc4cccc(CN(C(=S)NNc5ccc6c(cc5=O)[C@@H](NC(C)=O)CCc5cc(OC)c(OC)c(OC)c5-6)C56CC7CC(CC(C7)C5)C6)c4)c3)C34CC5CC(CC(C5)C3)C4)c(=O)cc1[C@@H](NC(C)=O)CC2. The fourth-order valence-corrected chi connectivity index (χ4v) is 20.7. The number of thiocarbonyl (C=S) groups is 2. The van der Waals surface area contributed by atoms with Crippen LogP contribution in [-0.2, 0) is 48.4 Å². The lowest BCUT2D eigenvalue weighted by atomic mass is 9.52. The standard InChI is InChI=1S/C80H94N8O10S2/c1-45(89)81-63-21-17-57-33-69(93-3)73(95-5)75(97-7)71(57)59-19-23-65(67(91)35-61(59)63)83-85-77(99)87(79-37-51-27-52(38-79)29-53(28-51)39-79)43-49-13-9-11-47(25-49)15-16-48-12-10-14-50(26-48)44-88(80-40-54-30-55(41-80)32-56(31-54)42-80)78(100)86-84-66-24-20-60-62(36-68(66)92)64(82-46(2)90)22-18-58-34-70(94-4)74(96-6)76(98-8)72(58)60/h9-14,19-20,23-26,33-36,51-56,63-64H,15-18,21-22,27-32,37-44H2,1-8H3,(H,81,89)(H,82,90)(H,83,91)(H,84,92)(H,85,99)(H,86,100)/t51?,52?,53?,54?,55?,56?,63-,64-,79?,80?/m0/s1. The Balaban J connectivity index is 0.703. The van der Waals surface area contributed by atoms with Gasteiger partial charge in [0.1, 0.15) is 11.4 Å². The van der Waals surface area contributed by atoms with Gasteiger partial charge in [-0.1, -0.05) is 60.7 Å². The number of ether oxygens (including phenoxy) is 6. The number of hydrogen-bond acceptors (Lipinski definition) is 14. The van der Waals surface area contributed by atoms with Gasteiger partial charge >= 0.3 is 0 Å². The largest absolute Gasteiger partial charge is 0.493 e. The van der Waals surface area contributed by atoms with Crippen LogP contribution in [0.5, 0.6) is 34.5 Å². The molecule has 0 aromatic heterocycles. The molecule has 0 radical (unpaired) electrons. The maximum absolute atomic E-state index is 14.6. The second kappa shape index (κ2) is 28.4. The van der Waals surface area contributed by atoms with E-state index in [-0.39, 0.29) is 33.7 Å². The number of carbonyl (C=O) groups is 2. The van der Waals surface area contributed by atoms with Gasteiger partial charge in [-0.05, 0) is 268 Å². The van der Waals surface area contributed by atoms with Crippen molar-refractivity contribution >= 4 is 57.8 Å². The van der Waals surface area contributed by atoms with Crippen LogP contribution in [0.15, 0.2) is 107 Å². The molecule has 0 unspecified atom stereocenters. The van der Waals surface area contributed by atoms with Crippen molar-refractivity contribution in [1.29, 1.82) is 0 Å². The van der Waals surface area contributed by atoms with Gasteiger partial charge in [0.15, 0.2) is 33.2 Å². The van der Waals surface area contributed by atoms with E-state index in [9.17, 15) is 19.2 Å². The Bertz CT molecular complexity index is 3990. The number of anilines is 2. The predicted octanol–water partition coefficient (Wildman–Crippen LogP) is 13.2. The maximum Gasteiger partial charge on any atom is 0.217 e. The number of methoxy groups -OCH3 is 6. The van der Waals surface area contributed by atoms with E-state index in [1.165, 1.54) is 74.6 Å². The second-order valence-corrected chi connectivity index (χ2v) is 30.7. The summed E-state index contributed by atoms with van der Waals surface area (Å²) in [5.74, 6) is 6.54. The number of nitrogens with one attached hydrogen (secondary N) is 6. The van der Waals surface area contributed by atoms with E-state index in [1.807, 2.05) is 24.3 Å². The summed E-state index contributed by atoms with van der Waals surface area (Å²) in [6, 6.07) is 31.7. The van der Waals surface area contributed by atoms with E-state index < -0.39 is 12.1 Å². The van der Waals surface area contributed by atoms with Crippen molar-refractivity contribution in [3.63, 3.8) is 0 Å².